The second-order valence-corrected chi connectivity index (χ2v) is 6.57. The van der Waals surface area contributed by atoms with E-state index in [0.29, 0.717) is 17.1 Å². The van der Waals surface area contributed by atoms with Crippen LogP contribution in [0.5, 0.6) is 0 Å². The largest absolute Gasteiger partial charge is 0.455 e. The Morgan fingerprint density at radius 1 is 1.11 bits per heavy atom. The van der Waals surface area contributed by atoms with Crippen molar-refractivity contribution in [3.05, 3.63) is 88.2 Å². The Morgan fingerprint density at radius 2 is 1.86 bits per heavy atom. The molecule has 2 aromatic carbocycles. The van der Waals surface area contributed by atoms with Crippen LogP contribution >= 0.6 is 0 Å². The van der Waals surface area contributed by atoms with Gasteiger partial charge in [0, 0.05) is 12.0 Å². The molecule has 140 valence electrons. The number of hydrazone groups is 1. The summed E-state index contributed by atoms with van der Waals surface area (Å²) in [4.78, 5) is 22.9. The molecule has 4 rings (SSSR count). The van der Waals surface area contributed by atoms with Crippen LogP contribution in [0, 0.1) is 16.0 Å². The van der Waals surface area contributed by atoms with Crippen molar-refractivity contribution in [3.63, 3.8) is 0 Å². The summed E-state index contributed by atoms with van der Waals surface area (Å²) in [7, 11) is 0. The number of nitrogens with one attached hydrogen (secondary N) is 1. The first-order valence-electron chi connectivity index (χ1n) is 8.85. The first kappa shape index (κ1) is 17.7. The van der Waals surface area contributed by atoms with Gasteiger partial charge in [-0.2, -0.15) is 5.10 Å². The molecule has 1 aliphatic carbocycles. The third-order valence-electron chi connectivity index (χ3n) is 4.71. The van der Waals surface area contributed by atoms with E-state index in [4.69, 9.17) is 4.42 Å². The highest BCUT2D eigenvalue weighted by atomic mass is 16.6. The average molecular weight is 375 g/mol. The molecule has 0 saturated heterocycles. The van der Waals surface area contributed by atoms with E-state index in [2.05, 4.69) is 10.5 Å². The molecule has 1 heterocycles. The van der Waals surface area contributed by atoms with Crippen molar-refractivity contribution < 1.29 is 14.1 Å². The van der Waals surface area contributed by atoms with E-state index in [-0.39, 0.29) is 23.4 Å². The van der Waals surface area contributed by atoms with E-state index in [1.54, 1.807) is 30.3 Å². The van der Waals surface area contributed by atoms with E-state index in [1.807, 2.05) is 30.3 Å². The van der Waals surface area contributed by atoms with Gasteiger partial charge in [-0.25, -0.2) is 5.43 Å². The Labute approximate surface area is 160 Å². The van der Waals surface area contributed by atoms with E-state index in [1.165, 1.54) is 12.3 Å². The zero-order chi connectivity index (χ0) is 19.5. The van der Waals surface area contributed by atoms with Crippen molar-refractivity contribution in [2.45, 2.75) is 12.3 Å². The third kappa shape index (κ3) is 3.68. The summed E-state index contributed by atoms with van der Waals surface area (Å²) in [5, 5.41) is 15.1. The molecule has 0 bridgehead atoms. The number of hydrogen-bond donors (Lipinski definition) is 1. The fourth-order valence-corrected chi connectivity index (χ4v) is 3.20. The molecule has 1 fully saturated rings. The van der Waals surface area contributed by atoms with Crippen LogP contribution < -0.4 is 5.43 Å². The molecule has 0 radical (unpaired) electrons. The molecule has 7 heteroatoms. The van der Waals surface area contributed by atoms with Gasteiger partial charge in [0.05, 0.1) is 16.7 Å². The molecule has 2 atom stereocenters. The molecule has 0 unspecified atom stereocenters. The average Bonchev–Trinajstić information content (AvgIpc) is 3.39. The third-order valence-corrected chi connectivity index (χ3v) is 4.71. The lowest BCUT2D eigenvalue weighted by Gasteiger charge is -2.00. The minimum atomic E-state index is -0.454. The predicted octanol–water partition coefficient (Wildman–Crippen LogP) is 4.11. The summed E-state index contributed by atoms with van der Waals surface area (Å²) in [6, 6.07) is 19.6. The van der Waals surface area contributed by atoms with Gasteiger partial charge in [-0.3, -0.25) is 14.9 Å². The van der Waals surface area contributed by atoms with Crippen molar-refractivity contribution >= 4 is 17.8 Å². The minimum Gasteiger partial charge on any atom is -0.455 e. The van der Waals surface area contributed by atoms with Crippen molar-refractivity contribution in [1.82, 2.24) is 5.43 Å². The van der Waals surface area contributed by atoms with Crippen LogP contribution in [0.3, 0.4) is 0 Å². The topological polar surface area (TPSA) is 97.7 Å². The zero-order valence-electron chi connectivity index (χ0n) is 14.8. The van der Waals surface area contributed by atoms with Crippen molar-refractivity contribution in [1.29, 1.82) is 0 Å². The summed E-state index contributed by atoms with van der Waals surface area (Å²) in [5.41, 5.74) is 4.05. The smallest absolute Gasteiger partial charge is 0.280 e. The molecular formula is C21H17N3O4. The standard InChI is InChI=1S/C21H17N3O4/c25-21(18-12-17(18)14-6-2-1-3-7-14)23-22-13-15-10-11-20(28-15)16-8-4-5-9-19(16)24(26)27/h1-11,13,17-18H,12H2,(H,23,25)/b22-13-/t17-,18+/m0/s1. The maximum Gasteiger partial charge on any atom is 0.280 e. The summed E-state index contributed by atoms with van der Waals surface area (Å²) >= 11 is 0. The Balaban J connectivity index is 1.38. The van der Waals surface area contributed by atoms with Crippen LogP contribution in [-0.4, -0.2) is 17.0 Å². The van der Waals surface area contributed by atoms with Crippen molar-refractivity contribution in [3.8, 4) is 11.3 Å². The Bertz CT molecular complexity index is 1040. The lowest BCUT2D eigenvalue weighted by molar-refractivity contribution is -0.384. The summed E-state index contributed by atoms with van der Waals surface area (Å²) < 4.78 is 5.60. The Hall–Kier alpha value is -3.74. The number of carbonyl (C=O) groups is 1. The maximum atomic E-state index is 12.2. The van der Waals surface area contributed by atoms with Crippen LogP contribution in [0.2, 0.25) is 0 Å². The summed E-state index contributed by atoms with van der Waals surface area (Å²) in [5.74, 6) is 0.801. The molecule has 3 aromatic rings. The van der Waals surface area contributed by atoms with Crippen molar-refractivity contribution in [2.75, 3.05) is 0 Å². The quantitative estimate of drug-likeness (QED) is 0.398. The summed E-state index contributed by atoms with van der Waals surface area (Å²) in [6.07, 6.45) is 2.20. The van der Waals surface area contributed by atoms with Gasteiger partial charge in [0.1, 0.15) is 11.5 Å². The van der Waals surface area contributed by atoms with Crippen LogP contribution in [0.15, 0.2) is 76.2 Å². The number of nitro benzene ring substituents is 1. The number of para-hydroxylation sites is 1. The second kappa shape index (κ2) is 7.48. The number of benzene rings is 2. The van der Waals surface area contributed by atoms with Gasteiger partial charge in [0.15, 0.2) is 0 Å². The SMILES string of the molecule is O=C(N/N=C\c1ccc(-c2ccccc2[N+](=O)[O-])o1)[C@@H]1C[C@H]1c1ccccc1. The van der Waals surface area contributed by atoms with E-state index >= 15 is 0 Å². The molecular weight excluding hydrogens is 358 g/mol. The first-order valence-corrected chi connectivity index (χ1v) is 8.85. The van der Waals surface area contributed by atoms with Gasteiger partial charge < -0.3 is 4.42 Å². The van der Waals surface area contributed by atoms with Crippen LogP contribution in [0.1, 0.15) is 23.7 Å². The number of nitrogens with zero attached hydrogens (tertiary/aromatic N) is 2. The molecule has 1 amide bonds. The Kier molecular flexibility index (Phi) is 4.72. The number of rotatable bonds is 6. The molecule has 1 saturated carbocycles. The lowest BCUT2D eigenvalue weighted by Crippen LogP contribution is -2.20. The van der Waals surface area contributed by atoms with Gasteiger partial charge in [-0.15, -0.1) is 0 Å². The molecule has 7 nitrogen and oxygen atoms in total. The van der Waals surface area contributed by atoms with Gasteiger partial charge in [0.2, 0.25) is 5.91 Å². The molecule has 28 heavy (non-hydrogen) atoms. The van der Waals surface area contributed by atoms with Crippen molar-refractivity contribution in [2.24, 2.45) is 11.0 Å². The first-order chi connectivity index (χ1) is 13.6. The highest BCUT2D eigenvalue weighted by Crippen LogP contribution is 2.47. The second-order valence-electron chi connectivity index (χ2n) is 6.57. The normalized spacial score (nSPS) is 18.1. The van der Waals surface area contributed by atoms with Crippen LogP contribution in [0.25, 0.3) is 11.3 Å². The van der Waals surface area contributed by atoms with E-state index in [0.717, 1.165) is 12.0 Å². The number of carbonyl (C=O) groups excluding carboxylic acids is 1. The number of amides is 1. The van der Waals surface area contributed by atoms with Crippen LogP contribution in [0.4, 0.5) is 5.69 Å². The van der Waals surface area contributed by atoms with Crippen LogP contribution in [-0.2, 0) is 4.79 Å². The van der Waals surface area contributed by atoms with E-state index < -0.39 is 4.92 Å². The summed E-state index contributed by atoms with van der Waals surface area (Å²) in [6.45, 7) is 0. The highest BCUT2D eigenvalue weighted by Gasteiger charge is 2.43. The van der Waals surface area contributed by atoms with Gasteiger partial charge in [-0.1, -0.05) is 42.5 Å². The highest BCUT2D eigenvalue weighted by molar-refractivity contribution is 5.85. The molecule has 1 aromatic heterocycles. The maximum absolute atomic E-state index is 12.2. The molecule has 0 spiro atoms. The molecule has 1 aliphatic rings. The fraction of sp³-hybridized carbons (Fsp3) is 0.143. The number of hydrogen-bond acceptors (Lipinski definition) is 5. The Morgan fingerprint density at radius 3 is 2.64 bits per heavy atom. The fourth-order valence-electron chi connectivity index (χ4n) is 3.20. The lowest BCUT2D eigenvalue weighted by atomic mass is 10.1. The number of nitro groups is 1. The monoisotopic (exact) mass is 375 g/mol. The molecule has 1 N–H and O–H groups in total. The van der Waals surface area contributed by atoms with E-state index in [9.17, 15) is 14.9 Å². The van der Waals surface area contributed by atoms with Gasteiger partial charge >= 0.3 is 0 Å². The predicted molar refractivity (Wildman–Crippen MR) is 104 cm³/mol. The minimum absolute atomic E-state index is 0.0330. The van der Waals surface area contributed by atoms with Gasteiger partial charge in [-0.05, 0) is 36.1 Å². The molecule has 0 aliphatic heterocycles. The number of furan rings is 1. The van der Waals surface area contributed by atoms with Gasteiger partial charge in [0.25, 0.3) is 5.69 Å². The zero-order valence-corrected chi connectivity index (χ0v) is 14.8.